The lowest BCUT2D eigenvalue weighted by molar-refractivity contribution is -0.114. The number of nitrogens with one attached hydrogen (secondary N) is 2. The summed E-state index contributed by atoms with van der Waals surface area (Å²) in [5.41, 5.74) is 2.02. The van der Waals surface area contributed by atoms with Crippen LogP contribution in [0.2, 0.25) is 0 Å². The minimum absolute atomic E-state index is 0.00482. The molecule has 0 spiro atoms. The normalized spacial score (nSPS) is 10.1. The maximum absolute atomic E-state index is 12.0. The second-order valence-electron chi connectivity index (χ2n) is 5.10. The van der Waals surface area contributed by atoms with Crippen molar-refractivity contribution in [3.05, 3.63) is 60.2 Å². The van der Waals surface area contributed by atoms with Crippen LogP contribution in [0.1, 0.15) is 12.5 Å². The Kier molecular flexibility index (Phi) is 6.32. The molecule has 6 nitrogen and oxygen atoms in total. The number of benzene rings is 2. The van der Waals surface area contributed by atoms with E-state index in [0.29, 0.717) is 17.1 Å². The zero-order chi connectivity index (χ0) is 18.1. The number of hydrogen-bond acceptors (Lipinski definition) is 4. The molecule has 0 aliphatic rings. The van der Waals surface area contributed by atoms with Crippen molar-refractivity contribution in [3.8, 4) is 11.8 Å². The fourth-order valence-corrected chi connectivity index (χ4v) is 2.02. The lowest BCUT2D eigenvalue weighted by Crippen LogP contribution is -2.09. The van der Waals surface area contributed by atoms with Gasteiger partial charge < -0.3 is 15.4 Å². The molecule has 0 bridgehead atoms. The van der Waals surface area contributed by atoms with Crippen LogP contribution in [0.15, 0.2) is 54.6 Å². The van der Waals surface area contributed by atoms with Gasteiger partial charge in [-0.1, -0.05) is 18.2 Å². The number of carbonyl (C=O) groups is 2. The number of amides is 2. The van der Waals surface area contributed by atoms with Gasteiger partial charge in [-0.2, -0.15) is 5.26 Å². The highest BCUT2D eigenvalue weighted by Gasteiger charge is 2.01. The predicted octanol–water partition coefficient (Wildman–Crippen LogP) is 3.20. The first-order valence-electron chi connectivity index (χ1n) is 7.53. The van der Waals surface area contributed by atoms with Crippen molar-refractivity contribution in [1.29, 1.82) is 5.26 Å². The van der Waals surface area contributed by atoms with Gasteiger partial charge >= 0.3 is 0 Å². The lowest BCUT2D eigenvalue weighted by Gasteiger charge is -2.06. The fraction of sp³-hybridized carbons (Fsp3) is 0.105. The van der Waals surface area contributed by atoms with Crippen molar-refractivity contribution in [1.82, 2.24) is 0 Å². The molecule has 0 saturated carbocycles. The average molecular weight is 335 g/mol. The standard InChI is InChI=1S/C19H17N3O3/c1-14(23)21-16-3-2-4-17(13-16)22-19(24)10-7-15-5-8-18(9-6-15)25-12-11-20/h2-10,13H,12H2,1H3,(H,21,23)(H,22,24)/b10-7+. The number of anilines is 2. The summed E-state index contributed by atoms with van der Waals surface area (Å²) in [5.74, 6) is 0.133. The summed E-state index contributed by atoms with van der Waals surface area (Å²) in [6.07, 6.45) is 3.08. The molecule has 0 heterocycles. The van der Waals surface area contributed by atoms with E-state index in [-0.39, 0.29) is 18.4 Å². The van der Waals surface area contributed by atoms with Crippen LogP contribution in [0.4, 0.5) is 11.4 Å². The van der Waals surface area contributed by atoms with E-state index < -0.39 is 0 Å². The first-order chi connectivity index (χ1) is 12.1. The van der Waals surface area contributed by atoms with Gasteiger partial charge in [0.15, 0.2) is 6.61 Å². The Morgan fingerprint density at radius 2 is 1.80 bits per heavy atom. The summed E-state index contributed by atoms with van der Waals surface area (Å²) in [6.45, 7) is 1.42. The highest BCUT2D eigenvalue weighted by molar-refractivity contribution is 6.02. The van der Waals surface area contributed by atoms with Crippen LogP contribution in [0, 0.1) is 11.3 Å². The number of hydrogen-bond donors (Lipinski definition) is 2. The van der Waals surface area contributed by atoms with Crippen molar-refractivity contribution < 1.29 is 14.3 Å². The van der Waals surface area contributed by atoms with Gasteiger partial charge in [0, 0.05) is 24.4 Å². The monoisotopic (exact) mass is 335 g/mol. The molecular formula is C19H17N3O3. The molecule has 0 saturated heterocycles. The smallest absolute Gasteiger partial charge is 0.248 e. The first-order valence-corrected chi connectivity index (χ1v) is 7.53. The van der Waals surface area contributed by atoms with Crippen molar-refractivity contribution >= 4 is 29.3 Å². The molecule has 0 atom stereocenters. The third-order valence-corrected chi connectivity index (χ3v) is 3.06. The molecule has 6 heteroatoms. The summed E-state index contributed by atoms with van der Waals surface area (Å²) in [4.78, 5) is 23.0. The van der Waals surface area contributed by atoms with Gasteiger partial charge in [0.25, 0.3) is 0 Å². The van der Waals surface area contributed by atoms with Crippen LogP contribution in [-0.2, 0) is 9.59 Å². The van der Waals surface area contributed by atoms with Gasteiger partial charge in [0.05, 0.1) is 0 Å². The minimum atomic E-state index is -0.287. The number of nitriles is 1. The lowest BCUT2D eigenvalue weighted by atomic mass is 10.2. The van der Waals surface area contributed by atoms with Crippen LogP contribution in [0.5, 0.6) is 5.75 Å². The predicted molar refractivity (Wildman–Crippen MR) is 96.0 cm³/mol. The van der Waals surface area contributed by atoms with Crippen LogP contribution >= 0.6 is 0 Å². The van der Waals surface area contributed by atoms with Crippen LogP contribution < -0.4 is 15.4 Å². The number of rotatable bonds is 6. The molecule has 2 aromatic carbocycles. The van der Waals surface area contributed by atoms with E-state index in [9.17, 15) is 9.59 Å². The summed E-state index contributed by atoms with van der Waals surface area (Å²) >= 11 is 0. The number of nitrogens with zero attached hydrogens (tertiary/aromatic N) is 1. The third-order valence-electron chi connectivity index (χ3n) is 3.06. The highest BCUT2D eigenvalue weighted by atomic mass is 16.5. The van der Waals surface area contributed by atoms with E-state index >= 15 is 0 Å². The summed E-state index contributed by atoms with van der Waals surface area (Å²) in [6, 6.07) is 15.8. The van der Waals surface area contributed by atoms with Gasteiger partial charge in [0.2, 0.25) is 11.8 Å². The SMILES string of the molecule is CC(=O)Nc1cccc(NC(=O)/C=C/c2ccc(OCC#N)cc2)c1. The summed E-state index contributed by atoms with van der Waals surface area (Å²) < 4.78 is 5.16. The molecule has 0 radical (unpaired) electrons. The Balaban J connectivity index is 1.94. The molecule has 2 N–H and O–H groups in total. The van der Waals surface area contributed by atoms with Crippen molar-refractivity contribution in [2.45, 2.75) is 6.92 Å². The van der Waals surface area contributed by atoms with E-state index in [2.05, 4.69) is 10.6 Å². The largest absolute Gasteiger partial charge is 0.479 e. The van der Waals surface area contributed by atoms with E-state index in [0.717, 1.165) is 5.56 Å². The summed E-state index contributed by atoms with van der Waals surface area (Å²) in [7, 11) is 0. The minimum Gasteiger partial charge on any atom is -0.479 e. The van der Waals surface area contributed by atoms with E-state index in [1.807, 2.05) is 6.07 Å². The molecule has 0 aromatic heterocycles. The van der Waals surface area contributed by atoms with Gasteiger partial charge in [-0.15, -0.1) is 0 Å². The molecule has 2 amide bonds. The maximum Gasteiger partial charge on any atom is 0.248 e. The molecule has 0 fully saturated rings. The number of carbonyl (C=O) groups excluding carboxylic acids is 2. The van der Waals surface area contributed by atoms with Crippen LogP contribution in [-0.4, -0.2) is 18.4 Å². The molecule has 126 valence electrons. The second-order valence-corrected chi connectivity index (χ2v) is 5.10. The van der Waals surface area contributed by atoms with Crippen molar-refractivity contribution in [3.63, 3.8) is 0 Å². The summed E-state index contributed by atoms with van der Waals surface area (Å²) in [5, 5.41) is 13.8. The van der Waals surface area contributed by atoms with E-state index in [4.69, 9.17) is 10.00 Å². The zero-order valence-corrected chi connectivity index (χ0v) is 13.7. The Hall–Kier alpha value is -3.59. The van der Waals surface area contributed by atoms with Gasteiger partial charge in [0.1, 0.15) is 11.8 Å². The zero-order valence-electron chi connectivity index (χ0n) is 13.7. The van der Waals surface area contributed by atoms with Gasteiger partial charge in [-0.25, -0.2) is 0 Å². The second kappa shape index (κ2) is 8.89. The van der Waals surface area contributed by atoms with E-state index in [1.54, 1.807) is 54.6 Å². The maximum atomic E-state index is 12.0. The highest BCUT2D eigenvalue weighted by Crippen LogP contribution is 2.16. The van der Waals surface area contributed by atoms with Crippen molar-refractivity contribution in [2.24, 2.45) is 0 Å². The average Bonchev–Trinajstić information content (AvgIpc) is 2.59. The molecule has 0 unspecified atom stereocenters. The third kappa shape index (κ3) is 6.20. The first kappa shape index (κ1) is 17.8. The van der Waals surface area contributed by atoms with E-state index in [1.165, 1.54) is 13.0 Å². The topological polar surface area (TPSA) is 91.2 Å². The number of ether oxygens (including phenoxy) is 1. The fourth-order valence-electron chi connectivity index (χ4n) is 2.02. The van der Waals surface area contributed by atoms with Crippen LogP contribution in [0.3, 0.4) is 0 Å². The Bertz CT molecular complexity index is 821. The Labute approximate surface area is 145 Å². The molecule has 0 aliphatic carbocycles. The Morgan fingerprint density at radius 1 is 1.12 bits per heavy atom. The van der Waals surface area contributed by atoms with Gasteiger partial charge in [-0.05, 0) is 42.0 Å². The quantitative estimate of drug-likeness (QED) is 0.793. The molecule has 2 rings (SSSR count). The van der Waals surface area contributed by atoms with Crippen molar-refractivity contribution in [2.75, 3.05) is 17.2 Å². The molecular weight excluding hydrogens is 318 g/mol. The van der Waals surface area contributed by atoms with Crippen LogP contribution in [0.25, 0.3) is 6.08 Å². The molecule has 2 aromatic rings. The molecule has 0 aliphatic heterocycles. The van der Waals surface area contributed by atoms with Gasteiger partial charge in [-0.3, -0.25) is 9.59 Å². The Morgan fingerprint density at radius 3 is 2.44 bits per heavy atom. The molecule has 25 heavy (non-hydrogen) atoms.